The number of hydrogen-bond acceptors (Lipinski definition) is 2. The third-order valence-corrected chi connectivity index (χ3v) is 4.14. The van der Waals surface area contributed by atoms with Crippen LogP contribution in [0.25, 0.3) is 0 Å². The van der Waals surface area contributed by atoms with Crippen LogP contribution in [-0.4, -0.2) is 31.3 Å². The number of nitrogens with two attached hydrogens (primary N) is 1. The molecule has 0 spiro atoms. The van der Waals surface area contributed by atoms with Gasteiger partial charge >= 0.3 is 0 Å². The van der Waals surface area contributed by atoms with Gasteiger partial charge in [-0.05, 0) is 19.3 Å². The van der Waals surface area contributed by atoms with Gasteiger partial charge in [-0.2, -0.15) is 0 Å². The van der Waals surface area contributed by atoms with E-state index in [2.05, 4.69) is 31.1 Å². The molecule has 1 saturated heterocycles. The Balaban J connectivity index is 1.96. The van der Waals surface area contributed by atoms with Gasteiger partial charge in [-0.1, -0.05) is 20.8 Å². The summed E-state index contributed by atoms with van der Waals surface area (Å²) in [6.07, 6.45) is 3.84. The van der Waals surface area contributed by atoms with Gasteiger partial charge in [-0.25, -0.2) is 0 Å². The molecule has 0 bridgehead atoms. The number of nitrogens with one attached hydrogen (secondary N) is 1. The highest BCUT2D eigenvalue weighted by atomic mass is 16.5. The molecular formula is C13H25N3O. The first-order valence-corrected chi connectivity index (χ1v) is 6.75. The van der Waals surface area contributed by atoms with Crippen molar-refractivity contribution in [2.24, 2.45) is 22.1 Å². The summed E-state index contributed by atoms with van der Waals surface area (Å²) >= 11 is 0. The van der Waals surface area contributed by atoms with E-state index in [0.29, 0.717) is 24.0 Å². The van der Waals surface area contributed by atoms with E-state index < -0.39 is 0 Å². The Hall–Kier alpha value is -0.770. The van der Waals surface area contributed by atoms with Gasteiger partial charge in [0.1, 0.15) is 0 Å². The van der Waals surface area contributed by atoms with E-state index in [-0.39, 0.29) is 5.41 Å². The maximum Gasteiger partial charge on any atom is 0.188 e. The molecule has 3 N–H and O–H groups in total. The molecule has 2 aliphatic rings. The van der Waals surface area contributed by atoms with Crippen LogP contribution in [0.3, 0.4) is 0 Å². The quantitative estimate of drug-likeness (QED) is 0.579. The van der Waals surface area contributed by atoms with E-state index in [9.17, 15) is 0 Å². The van der Waals surface area contributed by atoms with Crippen molar-refractivity contribution in [3.05, 3.63) is 0 Å². The highest BCUT2D eigenvalue weighted by Gasteiger charge is 2.58. The second-order valence-corrected chi connectivity index (χ2v) is 5.81. The summed E-state index contributed by atoms with van der Waals surface area (Å²) < 4.78 is 5.86. The molecule has 3 unspecified atom stereocenters. The lowest BCUT2D eigenvalue weighted by Crippen LogP contribution is -2.70. The topological polar surface area (TPSA) is 59.6 Å². The molecule has 0 aromatic carbocycles. The number of ether oxygens (including phenoxy) is 1. The first-order valence-electron chi connectivity index (χ1n) is 6.75. The van der Waals surface area contributed by atoms with Gasteiger partial charge in [-0.15, -0.1) is 0 Å². The summed E-state index contributed by atoms with van der Waals surface area (Å²) in [5.74, 6) is 1.20. The summed E-state index contributed by atoms with van der Waals surface area (Å²) in [6.45, 7) is 8.33. The van der Waals surface area contributed by atoms with Crippen LogP contribution in [0.5, 0.6) is 0 Å². The molecule has 0 aromatic rings. The van der Waals surface area contributed by atoms with E-state index in [0.717, 1.165) is 19.6 Å². The van der Waals surface area contributed by atoms with Gasteiger partial charge < -0.3 is 15.8 Å². The molecule has 1 aliphatic carbocycles. The maximum atomic E-state index is 5.91. The standard InChI is InChI=1S/C13H25N3O/c1-4-7-15-12(14)16-10-9-6-5-8-17-11(9)13(10,2)3/h9-11H,4-8H2,1-3H3,(H3,14,15,16). The summed E-state index contributed by atoms with van der Waals surface area (Å²) in [5, 5.41) is 3.39. The number of hydrogen-bond donors (Lipinski definition) is 2. The minimum absolute atomic E-state index is 0.164. The Kier molecular flexibility index (Phi) is 3.61. The maximum absolute atomic E-state index is 5.91. The highest BCUT2D eigenvalue weighted by Crippen LogP contribution is 2.51. The molecule has 4 nitrogen and oxygen atoms in total. The fourth-order valence-corrected chi connectivity index (χ4v) is 3.25. The molecule has 0 radical (unpaired) electrons. The van der Waals surface area contributed by atoms with Crippen LogP contribution in [0, 0.1) is 11.3 Å². The van der Waals surface area contributed by atoms with Crippen LogP contribution in [0.15, 0.2) is 4.99 Å². The van der Waals surface area contributed by atoms with Gasteiger partial charge in [0, 0.05) is 30.5 Å². The molecule has 1 heterocycles. The minimum Gasteiger partial charge on any atom is -0.377 e. The molecule has 0 aromatic heterocycles. The Bertz CT molecular complexity index is 301. The molecular weight excluding hydrogens is 214 g/mol. The number of nitrogens with zero attached hydrogens (tertiary/aromatic N) is 1. The molecule has 1 aliphatic heterocycles. The summed E-state index contributed by atoms with van der Waals surface area (Å²) in [6, 6.07) is 0.411. The van der Waals surface area contributed by atoms with Crippen molar-refractivity contribution in [1.29, 1.82) is 0 Å². The Morgan fingerprint density at radius 2 is 2.29 bits per heavy atom. The minimum atomic E-state index is 0.164. The van der Waals surface area contributed by atoms with Crippen molar-refractivity contribution in [2.45, 2.75) is 52.2 Å². The molecule has 17 heavy (non-hydrogen) atoms. The van der Waals surface area contributed by atoms with Crippen molar-refractivity contribution < 1.29 is 4.74 Å². The van der Waals surface area contributed by atoms with E-state index in [1.54, 1.807) is 0 Å². The molecule has 98 valence electrons. The first kappa shape index (κ1) is 12.7. The zero-order valence-corrected chi connectivity index (χ0v) is 11.2. The lowest BCUT2D eigenvalue weighted by atomic mass is 9.55. The second kappa shape index (κ2) is 4.84. The largest absolute Gasteiger partial charge is 0.377 e. The normalized spacial score (nSPS) is 35.9. The third kappa shape index (κ3) is 2.28. The number of fused-ring (bicyclic) bond motifs is 1. The van der Waals surface area contributed by atoms with Gasteiger partial charge in [0.25, 0.3) is 0 Å². The zero-order valence-electron chi connectivity index (χ0n) is 11.2. The van der Waals surface area contributed by atoms with Gasteiger partial charge in [0.05, 0.1) is 6.10 Å². The van der Waals surface area contributed by atoms with Gasteiger partial charge in [0.15, 0.2) is 5.96 Å². The SMILES string of the molecule is CCCN=C(N)NC1C2CCCOC2C1(C)C. The van der Waals surface area contributed by atoms with Gasteiger partial charge in [-0.3, -0.25) is 4.99 Å². The predicted octanol–water partition coefficient (Wildman–Crippen LogP) is 1.50. The van der Waals surface area contributed by atoms with E-state index in [1.807, 2.05) is 0 Å². The fourth-order valence-electron chi connectivity index (χ4n) is 3.25. The predicted molar refractivity (Wildman–Crippen MR) is 69.9 cm³/mol. The molecule has 3 atom stereocenters. The average molecular weight is 239 g/mol. The molecule has 1 saturated carbocycles. The zero-order chi connectivity index (χ0) is 12.5. The second-order valence-electron chi connectivity index (χ2n) is 5.81. The molecule has 0 amide bonds. The average Bonchev–Trinajstić information content (AvgIpc) is 2.33. The van der Waals surface area contributed by atoms with Crippen molar-refractivity contribution in [1.82, 2.24) is 5.32 Å². The lowest BCUT2D eigenvalue weighted by molar-refractivity contribution is -0.188. The van der Waals surface area contributed by atoms with Crippen LogP contribution in [0.4, 0.5) is 0 Å². The molecule has 4 heteroatoms. The summed E-state index contributed by atoms with van der Waals surface area (Å²) in [4.78, 5) is 4.31. The third-order valence-electron chi connectivity index (χ3n) is 4.14. The van der Waals surface area contributed by atoms with Crippen molar-refractivity contribution in [3.63, 3.8) is 0 Å². The van der Waals surface area contributed by atoms with E-state index >= 15 is 0 Å². The van der Waals surface area contributed by atoms with E-state index in [1.165, 1.54) is 12.8 Å². The Morgan fingerprint density at radius 3 is 3.00 bits per heavy atom. The van der Waals surface area contributed by atoms with Crippen molar-refractivity contribution >= 4 is 5.96 Å². The molecule has 2 fully saturated rings. The van der Waals surface area contributed by atoms with Crippen molar-refractivity contribution in [3.8, 4) is 0 Å². The lowest BCUT2D eigenvalue weighted by Gasteiger charge is -2.60. The van der Waals surface area contributed by atoms with Crippen LogP contribution >= 0.6 is 0 Å². The highest BCUT2D eigenvalue weighted by molar-refractivity contribution is 5.78. The van der Waals surface area contributed by atoms with Crippen molar-refractivity contribution in [2.75, 3.05) is 13.2 Å². The smallest absolute Gasteiger partial charge is 0.188 e. The monoisotopic (exact) mass is 239 g/mol. The van der Waals surface area contributed by atoms with Crippen LogP contribution in [0.1, 0.15) is 40.0 Å². The van der Waals surface area contributed by atoms with Gasteiger partial charge in [0.2, 0.25) is 0 Å². The Labute approximate surface area is 104 Å². The van der Waals surface area contributed by atoms with Crippen LogP contribution < -0.4 is 11.1 Å². The molecule has 2 rings (SSSR count). The van der Waals surface area contributed by atoms with Crippen LogP contribution in [0.2, 0.25) is 0 Å². The first-order chi connectivity index (χ1) is 8.07. The number of guanidine groups is 1. The van der Waals surface area contributed by atoms with E-state index in [4.69, 9.17) is 10.5 Å². The summed E-state index contributed by atoms with van der Waals surface area (Å²) in [5.41, 5.74) is 6.08. The summed E-state index contributed by atoms with van der Waals surface area (Å²) in [7, 11) is 0. The Morgan fingerprint density at radius 1 is 1.53 bits per heavy atom. The number of rotatable bonds is 3. The number of aliphatic imine (C=N–C) groups is 1. The van der Waals surface area contributed by atoms with Crippen LogP contribution in [-0.2, 0) is 4.74 Å². The fraction of sp³-hybridized carbons (Fsp3) is 0.923.